The molecule has 0 saturated heterocycles. The molecule has 0 amide bonds. The van der Waals surface area contributed by atoms with Gasteiger partial charge in [-0.05, 0) is 19.8 Å². The Morgan fingerprint density at radius 3 is 2.56 bits per heavy atom. The predicted octanol–water partition coefficient (Wildman–Crippen LogP) is 1.79. The summed E-state index contributed by atoms with van der Waals surface area (Å²) >= 11 is 0. The van der Waals surface area contributed by atoms with Gasteiger partial charge in [0, 0.05) is 7.11 Å². The van der Waals surface area contributed by atoms with E-state index in [9.17, 15) is 4.79 Å². The van der Waals surface area contributed by atoms with E-state index >= 15 is 0 Å². The fraction of sp³-hybridized carbons (Fsp3) is 0.750. The van der Waals surface area contributed by atoms with Crippen LogP contribution in [-0.4, -0.2) is 41.3 Å². The van der Waals surface area contributed by atoms with Crippen LogP contribution >= 0.6 is 0 Å². The average molecular weight is 255 g/mol. The molecule has 0 aromatic carbocycles. The monoisotopic (exact) mass is 255 g/mol. The Labute approximate surface area is 107 Å². The standard InChI is InChI=1S/C12H21N3O3/c1-6-18-12(16)10-11(8(2)3)15(14-13-10)9(4)7-17-5/h8-9H,6-7H2,1-5H3. The molecule has 0 spiro atoms. The molecule has 1 unspecified atom stereocenters. The molecule has 1 aromatic heterocycles. The number of esters is 1. The van der Waals surface area contributed by atoms with Crippen molar-refractivity contribution in [3.05, 3.63) is 11.4 Å². The van der Waals surface area contributed by atoms with E-state index in [1.54, 1.807) is 18.7 Å². The number of nitrogens with zero attached hydrogens (tertiary/aromatic N) is 3. The first kappa shape index (κ1) is 14.6. The molecular weight excluding hydrogens is 234 g/mol. The highest BCUT2D eigenvalue weighted by Gasteiger charge is 2.25. The molecule has 1 atom stereocenters. The summed E-state index contributed by atoms with van der Waals surface area (Å²) in [5.74, 6) is -0.282. The van der Waals surface area contributed by atoms with Gasteiger partial charge in [0.05, 0.1) is 24.9 Å². The minimum atomic E-state index is -0.419. The van der Waals surface area contributed by atoms with Crippen molar-refractivity contribution in [1.82, 2.24) is 15.0 Å². The molecule has 6 heteroatoms. The van der Waals surface area contributed by atoms with Crippen molar-refractivity contribution in [2.24, 2.45) is 0 Å². The second-order valence-electron chi connectivity index (χ2n) is 4.45. The number of hydrogen-bond acceptors (Lipinski definition) is 5. The maximum absolute atomic E-state index is 11.8. The molecule has 0 N–H and O–H groups in total. The highest BCUT2D eigenvalue weighted by atomic mass is 16.5. The Morgan fingerprint density at radius 2 is 2.06 bits per heavy atom. The molecule has 0 aliphatic carbocycles. The van der Waals surface area contributed by atoms with Crippen LogP contribution in [0.3, 0.4) is 0 Å². The largest absolute Gasteiger partial charge is 0.461 e. The summed E-state index contributed by atoms with van der Waals surface area (Å²) in [4.78, 5) is 11.8. The third-order valence-electron chi connectivity index (χ3n) is 2.57. The molecule has 1 heterocycles. The molecular formula is C12H21N3O3. The van der Waals surface area contributed by atoms with E-state index in [0.29, 0.717) is 18.9 Å². The van der Waals surface area contributed by atoms with Gasteiger partial charge in [-0.1, -0.05) is 19.1 Å². The normalized spacial score (nSPS) is 12.8. The van der Waals surface area contributed by atoms with E-state index < -0.39 is 5.97 Å². The zero-order valence-corrected chi connectivity index (χ0v) is 11.6. The van der Waals surface area contributed by atoms with Gasteiger partial charge in [-0.3, -0.25) is 0 Å². The quantitative estimate of drug-likeness (QED) is 0.725. The fourth-order valence-electron chi connectivity index (χ4n) is 1.82. The Morgan fingerprint density at radius 1 is 1.39 bits per heavy atom. The Kier molecular flexibility index (Phi) is 5.27. The van der Waals surface area contributed by atoms with E-state index in [2.05, 4.69) is 10.3 Å². The van der Waals surface area contributed by atoms with Gasteiger partial charge in [0.1, 0.15) is 0 Å². The lowest BCUT2D eigenvalue weighted by atomic mass is 10.1. The Balaban J connectivity index is 3.10. The van der Waals surface area contributed by atoms with Crippen molar-refractivity contribution in [1.29, 1.82) is 0 Å². The predicted molar refractivity (Wildman–Crippen MR) is 66.7 cm³/mol. The van der Waals surface area contributed by atoms with Gasteiger partial charge in [-0.25, -0.2) is 9.48 Å². The minimum absolute atomic E-state index is 0.0306. The molecule has 6 nitrogen and oxygen atoms in total. The molecule has 0 radical (unpaired) electrons. The molecule has 102 valence electrons. The zero-order chi connectivity index (χ0) is 13.7. The zero-order valence-electron chi connectivity index (χ0n) is 11.6. The van der Waals surface area contributed by atoms with Crippen LogP contribution in [0.2, 0.25) is 0 Å². The van der Waals surface area contributed by atoms with Gasteiger partial charge >= 0.3 is 5.97 Å². The van der Waals surface area contributed by atoms with Crippen molar-refractivity contribution in [2.75, 3.05) is 20.3 Å². The lowest BCUT2D eigenvalue weighted by Gasteiger charge is -2.16. The SMILES string of the molecule is CCOC(=O)c1nnn(C(C)COC)c1C(C)C. The third kappa shape index (κ3) is 3.07. The third-order valence-corrected chi connectivity index (χ3v) is 2.57. The van der Waals surface area contributed by atoms with Crippen LogP contribution < -0.4 is 0 Å². The molecule has 0 saturated carbocycles. The maximum atomic E-state index is 11.8. The number of aromatic nitrogens is 3. The van der Waals surface area contributed by atoms with Crippen molar-refractivity contribution >= 4 is 5.97 Å². The highest BCUT2D eigenvalue weighted by molar-refractivity contribution is 5.88. The second-order valence-corrected chi connectivity index (χ2v) is 4.45. The van der Waals surface area contributed by atoms with Gasteiger partial charge in [-0.15, -0.1) is 5.10 Å². The van der Waals surface area contributed by atoms with E-state index in [4.69, 9.17) is 9.47 Å². The van der Waals surface area contributed by atoms with E-state index in [1.807, 2.05) is 20.8 Å². The van der Waals surface area contributed by atoms with Gasteiger partial charge < -0.3 is 9.47 Å². The molecule has 0 aliphatic heterocycles. The molecule has 0 bridgehead atoms. The minimum Gasteiger partial charge on any atom is -0.461 e. The average Bonchev–Trinajstić information content (AvgIpc) is 2.74. The van der Waals surface area contributed by atoms with Crippen molar-refractivity contribution in [3.8, 4) is 0 Å². The first-order valence-electron chi connectivity index (χ1n) is 6.14. The lowest BCUT2D eigenvalue weighted by molar-refractivity contribution is 0.0517. The van der Waals surface area contributed by atoms with Crippen molar-refractivity contribution in [2.45, 2.75) is 39.7 Å². The van der Waals surface area contributed by atoms with Crippen molar-refractivity contribution in [3.63, 3.8) is 0 Å². The molecule has 0 aliphatic rings. The molecule has 0 fully saturated rings. The van der Waals surface area contributed by atoms with Gasteiger partial charge in [-0.2, -0.15) is 0 Å². The van der Waals surface area contributed by atoms with Crippen molar-refractivity contribution < 1.29 is 14.3 Å². The topological polar surface area (TPSA) is 66.2 Å². The lowest BCUT2D eigenvalue weighted by Crippen LogP contribution is -2.18. The molecule has 18 heavy (non-hydrogen) atoms. The van der Waals surface area contributed by atoms with Crippen LogP contribution in [0.4, 0.5) is 0 Å². The van der Waals surface area contributed by atoms with Gasteiger partial charge in [0.15, 0.2) is 5.69 Å². The smallest absolute Gasteiger partial charge is 0.360 e. The van der Waals surface area contributed by atoms with Crippen LogP contribution in [0, 0.1) is 0 Å². The number of carbonyl (C=O) groups excluding carboxylic acids is 1. The number of rotatable bonds is 6. The van der Waals surface area contributed by atoms with Crippen LogP contribution in [0.15, 0.2) is 0 Å². The van der Waals surface area contributed by atoms with E-state index in [-0.39, 0.29) is 12.0 Å². The number of hydrogen-bond donors (Lipinski definition) is 0. The first-order valence-corrected chi connectivity index (χ1v) is 6.14. The summed E-state index contributed by atoms with van der Waals surface area (Å²) in [6.07, 6.45) is 0. The molecule has 1 aromatic rings. The summed E-state index contributed by atoms with van der Waals surface area (Å²) in [7, 11) is 1.63. The number of ether oxygens (including phenoxy) is 2. The van der Waals surface area contributed by atoms with Gasteiger partial charge in [0.2, 0.25) is 0 Å². The van der Waals surface area contributed by atoms with Gasteiger partial charge in [0.25, 0.3) is 0 Å². The van der Waals surface area contributed by atoms with Crippen LogP contribution in [0.1, 0.15) is 55.8 Å². The summed E-state index contributed by atoms with van der Waals surface area (Å²) < 4.78 is 11.8. The summed E-state index contributed by atoms with van der Waals surface area (Å²) in [5, 5.41) is 7.99. The number of methoxy groups -OCH3 is 1. The second kappa shape index (κ2) is 6.49. The van der Waals surface area contributed by atoms with E-state index in [1.165, 1.54) is 0 Å². The Bertz CT molecular complexity index is 401. The van der Waals surface area contributed by atoms with Crippen LogP contribution in [0.25, 0.3) is 0 Å². The summed E-state index contributed by atoms with van der Waals surface area (Å²) in [6, 6.07) is 0.0306. The highest BCUT2D eigenvalue weighted by Crippen LogP contribution is 2.21. The Hall–Kier alpha value is -1.43. The summed E-state index contributed by atoms with van der Waals surface area (Å²) in [5.41, 5.74) is 1.09. The number of carbonyl (C=O) groups is 1. The summed E-state index contributed by atoms with van der Waals surface area (Å²) in [6.45, 7) is 8.58. The van der Waals surface area contributed by atoms with Crippen LogP contribution in [0.5, 0.6) is 0 Å². The van der Waals surface area contributed by atoms with Crippen LogP contribution in [-0.2, 0) is 9.47 Å². The first-order chi connectivity index (χ1) is 8.52. The fourth-order valence-corrected chi connectivity index (χ4v) is 1.82. The van der Waals surface area contributed by atoms with E-state index in [0.717, 1.165) is 5.69 Å². The maximum Gasteiger partial charge on any atom is 0.360 e. The molecule has 1 rings (SSSR count).